The summed E-state index contributed by atoms with van der Waals surface area (Å²) in [7, 11) is 0. The molecule has 6 nitrogen and oxygen atoms in total. The molecule has 1 spiro atoms. The van der Waals surface area contributed by atoms with Gasteiger partial charge in [0.15, 0.2) is 5.60 Å². The van der Waals surface area contributed by atoms with Gasteiger partial charge in [0, 0.05) is 34.4 Å². The van der Waals surface area contributed by atoms with E-state index < -0.39 is 11.6 Å². The molecule has 0 saturated heterocycles. The third kappa shape index (κ3) is 2.32. The topological polar surface area (TPSA) is 96.2 Å². The highest BCUT2D eigenvalue weighted by Crippen LogP contribution is 2.58. The first kappa shape index (κ1) is 18.3. The van der Waals surface area contributed by atoms with E-state index in [0.29, 0.717) is 39.3 Å². The Morgan fingerprint density at radius 2 is 1.25 bits per heavy atom. The number of carbonyl (C=O) groups is 1. The maximum atomic E-state index is 13.4. The van der Waals surface area contributed by atoms with Crippen molar-refractivity contribution in [3.63, 3.8) is 0 Å². The second kappa shape index (κ2) is 6.28. The number of hydrogen-bond donors (Lipinski definition) is 3. The molecule has 4 aromatic rings. The zero-order valence-corrected chi connectivity index (χ0v) is 16.6. The lowest BCUT2D eigenvalue weighted by atomic mass is 9.76. The molecule has 0 saturated carbocycles. The van der Waals surface area contributed by atoms with Gasteiger partial charge in [-0.25, -0.2) is 4.79 Å². The number of phenols is 3. The molecule has 2 heterocycles. The van der Waals surface area contributed by atoms with Crippen molar-refractivity contribution in [1.29, 1.82) is 0 Å². The van der Waals surface area contributed by atoms with Crippen LogP contribution in [0.25, 0.3) is 11.1 Å². The fourth-order valence-electron chi connectivity index (χ4n) is 4.68. The molecule has 6 heteroatoms. The summed E-state index contributed by atoms with van der Waals surface area (Å²) < 4.78 is 12.1. The van der Waals surface area contributed by atoms with Crippen LogP contribution in [0, 0.1) is 0 Å². The molecule has 0 amide bonds. The van der Waals surface area contributed by atoms with Crippen molar-refractivity contribution in [2.75, 3.05) is 0 Å². The van der Waals surface area contributed by atoms with Crippen molar-refractivity contribution in [2.45, 2.75) is 5.60 Å². The summed E-state index contributed by atoms with van der Waals surface area (Å²) in [5.74, 6) is -0.0378. The standard InChI is InChI=1S/C26H16O6/c27-15-6-8-17-21(12-15)31-22-13-16(28)7-9-18(22)26(17)19-10-11-20(29)23(24(19)25(30)32-26)14-4-2-1-3-5-14/h1-13,27-29H. The van der Waals surface area contributed by atoms with E-state index >= 15 is 0 Å². The average molecular weight is 424 g/mol. The maximum Gasteiger partial charge on any atom is 0.340 e. The van der Waals surface area contributed by atoms with Crippen molar-refractivity contribution in [3.05, 3.63) is 101 Å². The first-order valence-corrected chi connectivity index (χ1v) is 9.99. The minimum Gasteiger partial charge on any atom is -0.508 e. The van der Waals surface area contributed by atoms with Gasteiger partial charge in [0.25, 0.3) is 0 Å². The van der Waals surface area contributed by atoms with Crippen LogP contribution in [0.1, 0.15) is 27.0 Å². The van der Waals surface area contributed by atoms with Gasteiger partial charge < -0.3 is 24.8 Å². The lowest BCUT2D eigenvalue weighted by Crippen LogP contribution is -2.32. The second-order valence-electron chi connectivity index (χ2n) is 7.78. The minimum atomic E-state index is -1.37. The molecular formula is C26H16O6. The van der Waals surface area contributed by atoms with Gasteiger partial charge in [-0.2, -0.15) is 0 Å². The molecule has 156 valence electrons. The Balaban J connectivity index is 1.72. The Hall–Kier alpha value is -4.45. The summed E-state index contributed by atoms with van der Waals surface area (Å²) in [6, 6.07) is 21.5. The molecule has 0 radical (unpaired) electrons. The molecule has 0 aromatic heterocycles. The van der Waals surface area contributed by atoms with Crippen molar-refractivity contribution in [1.82, 2.24) is 0 Å². The maximum absolute atomic E-state index is 13.4. The van der Waals surface area contributed by atoms with Crippen molar-refractivity contribution < 1.29 is 29.6 Å². The van der Waals surface area contributed by atoms with Crippen molar-refractivity contribution in [3.8, 4) is 39.9 Å². The number of benzene rings is 4. The second-order valence-corrected chi connectivity index (χ2v) is 7.78. The third-order valence-corrected chi connectivity index (χ3v) is 5.98. The molecule has 0 aliphatic carbocycles. The van der Waals surface area contributed by atoms with Crippen LogP contribution in [0.5, 0.6) is 28.7 Å². The SMILES string of the molecule is O=C1OC2(c3ccc(O)cc3Oc3cc(O)ccc32)c2ccc(O)c(-c3ccccc3)c21. The molecule has 4 aromatic carbocycles. The van der Waals surface area contributed by atoms with Crippen LogP contribution in [0.4, 0.5) is 0 Å². The van der Waals surface area contributed by atoms with Gasteiger partial charge in [0.2, 0.25) is 0 Å². The third-order valence-electron chi connectivity index (χ3n) is 5.98. The summed E-state index contributed by atoms with van der Waals surface area (Å²) in [5.41, 5.74) is 1.57. The van der Waals surface area contributed by atoms with Crippen LogP contribution < -0.4 is 4.74 Å². The summed E-state index contributed by atoms with van der Waals surface area (Å²) >= 11 is 0. The fourth-order valence-corrected chi connectivity index (χ4v) is 4.68. The summed E-state index contributed by atoms with van der Waals surface area (Å²) in [4.78, 5) is 13.4. The molecule has 0 atom stereocenters. The van der Waals surface area contributed by atoms with E-state index in [1.165, 1.54) is 24.3 Å². The van der Waals surface area contributed by atoms with Crippen LogP contribution in [-0.2, 0) is 10.3 Å². The van der Waals surface area contributed by atoms with Crippen molar-refractivity contribution >= 4 is 5.97 Å². The quantitative estimate of drug-likeness (QED) is 0.371. The Morgan fingerprint density at radius 3 is 1.88 bits per heavy atom. The number of hydrogen-bond acceptors (Lipinski definition) is 6. The summed E-state index contributed by atoms with van der Waals surface area (Å²) in [5, 5.41) is 30.8. The highest BCUT2D eigenvalue weighted by Gasteiger charge is 2.54. The van der Waals surface area contributed by atoms with Crippen LogP contribution in [0.3, 0.4) is 0 Å². The van der Waals surface area contributed by atoms with Gasteiger partial charge in [0.05, 0.1) is 5.56 Å². The number of esters is 1. The van der Waals surface area contributed by atoms with Crippen LogP contribution in [0.2, 0.25) is 0 Å². The van der Waals surface area contributed by atoms with Gasteiger partial charge in [0.1, 0.15) is 28.7 Å². The lowest BCUT2D eigenvalue weighted by molar-refractivity contribution is 0.0224. The largest absolute Gasteiger partial charge is 0.508 e. The molecule has 0 bridgehead atoms. The molecule has 0 fully saturated rings. The zero-order valence-electron chi connectivity index (χ0n) is 16.6. The van der Waals surface area contributed by atoms with Gasteiger partial charge in [-0.1, -0.05) is 30.3 Å². The van der Waals surface area contributed by atoms with Gasteiger partial charge >= 0.3 is 5.97 Å². The van der Waals surface area contributed by atoms with Crippen molar-refractivity contribution in [2.24, 2.45) is 0 Å². The predicted octanol–water partition coefficient (Wildman–Crippen LogP) is 5.04. The molecule has 32 heavy (non-hydrogen) atoms. The number of phenolic OH excluding ortho intramolecular Hbond substituents is 3. The van der Waals surface area contributed by atoms with Gasteiger partial charge in [-0.3, -0.25) is 0 Å². The smallest absolute Gasteiger partial charge is 0.340 e. The summed E-state index contributed by atoms with van der Waals surface area (Å²) in [6.45, 7) is 0. The monoisotopic (exact) mass is 424 g/mol. The summed E-state index contributed by atoms with van der Waals surface area (Å²) in [6.07, 6.45) is 0. The Kier molecular flexibility index (Phi) is 3.60. The average Bonchev–Trinajstić information content (AvgIpc) is 3.06. The van der Waals surface area contributed by atoms with E-state index in [1.54, 1.807) is 24.3 Å². The normalized spacial score (nSPS) is 14.8. The number of rotatable bonds is 1. The highest BCUT2D eigenvalue weighted by molar-refractivity contribution is 6.04. The molecule has 0 unspecified atom stereocenters. The molecule has 6 rings (SSSR count). The van der Waals surface area contributed by atoms with Crippen LogP contribution in [0.15, 0.2) is 78.9 Å². The van der Waals surface area contributed by atoms with E-state index in [9.17, 15) is 20.1 Å². The van der Waals surface area contributed by atoms with Gasteiger partial charge in [-0.05, 0) is 42.0 Å². The predicted molar refractivity (Wildman–Crippen MR) is 115 cm³/mol. The molecule has 2 aliphatic rings. The molecule has 3 N–H and O–H groups in total. The first-order valence-electron chi connectivity index (χ1n) is 9.99. The Bertz CT molecular complexity index is 1370. The minimum absolute atomic E-state index is 0.0114. The van der Waals surface area contributed by atoms with E-state index in [1.807, 2.05) is 30.3 Å². The lowest BCUT2D eigenvalue weighted by Gasteiger charge is -2.36. The molecule has 2 aliphatic heterocycles. The Morgan fingerprint density at radius 1 is 0.656 bits per heavy atom. The van der Waals surface area contributed by atoms with Crippen LogP contribution in [-0.4, -0.2) is 21.3 Å². The number of ether oxygens (including phenoxy) is 2. The fraction of sp³-hybridized carbons (Fsp3) is 0.0385. The number of aromatic hydroxyl groups is 3. The van der Waals surface area contributed by atoms with E-state index in [2.05, 4.69) is 0 Å². The van der Waals surface area contributed by atoms with E-state index in [-0.39, 0.29) is 22.8 Å². The number of carbonyl (C=O) groups excluding carboxylic acids is 1. The van der Waals surface area contributed by atoms with E-state index in [4.69, 9.17) is 9.47 Å². The van der Waals surface area contributed by atoms with Crippen LogP contribution >= 0.6 is 0 Å². The van der Waals surface area contributed by atoms with E-state index in [0.717, 1.165) is 0 Å². The van der Waals surface area contributed by atoms with Gasteiger partial charge in [-0.15, -0.1) is 0 Å². The molecular weight excluding hydrogens is 408 g/mol. The highest BCUT2D eigenvalue weighted by atomic mass is 16.6. The Labute approximate surface area is 182 Å². The first-order chi connectivity index (χ1) is 15.5. The zero-order chi connectivity index (χ0) is 22.0. The number of fused-ring (bicyclic) bond motifs is 6.